The van der Waals surface area contributed by atoms with Gasteiger partial charge in [-0.2, -0.15) is 13.2 Å². The molecule has 1 aromatic carbocycles. The summed E-state index contributed by atoms with van der Waals surface area (Å²) in [6.07, 6.45) is -2.68. The first kappa shape index (κ1) is 21.1. The quantitative estimate of drug-likeness (QED) is 0.805. The van der Waals surface area contributed by atoms with E-state index < -0.39 is 17.3 Å². The van der Waals surface area contributed by atoms with Crippen molar-refractivity contribution in [1.82, 2.24) is 20.1 Å². The number of piperidine rings is 1. The lowest BCUT2D eigenvalue weighted by Crippen LogP contribution is -2.51. The zero-order chi connectivity index (χ0) is 21.4. The Labute approximate surface area is 166 Å². The molecular weight excluding hydrogens is 387 g/mol. The standard InChI is InChI=1S/C19H24F3N5O2/c1-18(2)8-7-12(10-23-18)24-15-17(28)27(3)16(26-25-15)13-6-5-11(19(20,21)22)9-14(13)29-4/h5-6,9,12,23H,7-8,10H2,1-4H3,(H,24,25)/t12-/m1/s1. The topological polar surface area (TPSA) is 81.1 Å². The number of nitrogens with one attached hydrogen (secondary N) is 2. The zero-order valence-corrected chi connectivity index (χ0v) is 16.7. The fraction of sp³-hybridized carbons (Fsp3) is 0.526. The van der Waals surface area contributed by atoms with E-state index in [0.29, 0.717) is 6.54 Å². The minimum absolute atomic E-state index is 0.0384. The van der Waals surface area contributed by atoms with Crippen molar-refractivity contribution < 1.29 is 17.9 Å². The predicted molar refractivity (Wildman–Crippen MR) is 103 cm³/mol. The average molecular weight is 411 g/mol. The Kier molecular flexibility index (Phi) is 5.57. The van der Waals surface area contributed by atoms with E-state index >= 15 is 0 Å². The van der Waals surface area contributed by atoms with Crippen LogP contribution in [0.4, 0.5) is 19.0 Å². The molecule has 1 fully saturated rings. The molecule has 2 aromatic rings. The van der Waals surface area contributed by atoms with Gasteiger partial charge in [-0.3, -0.25) is 9.36 Å². The van der Waals surface area contributed by atoms with E-state index in [2.05, 4.69) is 34.7 Å². The number of halogens is 3. The van der Waals surface area contributed by atoms with Crippen molar-refractivity contribution in [3.05, 3.63) is 34.1 Å². The molecule has 158 valence electrons. The van der Waals surface area contributed by atoms with E-state index in [1.807, 2.05) is 0 Å². The lowest BCUT2D eigenvalue weighted by molar-refractivity contribution is -0.137. The minimum Gasteiger partial charge on any atom is -0.496 e. The number of hydrogen-bond acceptors (Lipinski definition) is 6. The third-order valence-corrected chi connectivity index (χ3v) is 5.13. The van der Waals surface area contributed by atoms with Crippen molar-refractivity contribution in [2.45, 2.75) is 44.4 Å². The second-order valence-corrected chi connectivity index (χ2v) is 7.79. The molecule has 7 nitrogen and oxygen atoms in total. The Morgan fingerprint density at radius 1 is 1.31 bits per heavy atom. The molecule has 2 heterocycles. The maximum absolute atomic E-state index is 13.0. The summed E-state index contributed by atoms with van der Waals surface area (Å²) in [6, 6.07) is 3.07. The molecule has 0 aliphatic carbocycles. The summed E-state index contributed by atoms with van der Waals surface area (Å²) in [5.74, 6) is 0.186. The van der Waals surface area contributed by atoms with Crippen LogP contribution in [-0.4, -0.2) is 40.0 Å². The van der Waals surface area contributed by atoms with Crippen LogP contribution >= 0.6 is 0 Å². The Balaban J connectivity index is 1.89. The molecule has 1 saturated heterocycles. The third-order valence-electron chi connectivity index (χ3n) is 5.13. The second kappa shape index (κ2) is 7.66. The number of aromatic nitrogens is 3. The molecule has 0 saturated carbocycles. The monoisotopic (exact) mass is 411 g/mol. The van der Waals surface area contributed by atoms with Crippen molar-refractivity contribution in [2.24, 2.45) is 7.05 Å². The van der Waals surface area contributed by atoms with Crippen LogP contribution in [0.25, 0.3) is 11.4 Å². The molecular formula is C19H24F3N5O2. The van der Waals surface area contributed by atoms with Crippen LogP contribution in [0.5, 0.6) is 5.75 Å². The minimum atomic E-state index is -4.50. The average Bonchev–Trinajstić information content (AvgIpc) is 2.66. The summed E-state index contributed by atoms with van der Waals surface area (Å²) in [5, 5.41) is 14.6. The summed E-state index contributed by atoms with van der Waals surface area (Å²) in [7, 11) is 2.76. The van der Waals surface area contributed by atoms with Crippen LogP contribution in [0.1, 0.15) is 32.3 Å². The molecule has 2 N–H and O–H groups in total. The highest BCUT2D eigenvalue weighted by molar-refractivity contribution is 5.65. The number of anilines is 1. The van der Waals surface area contributed by atoms with Gasteiger partial charge in [0.25, 0.3) is 5.56 Å². The molecule has 1 aliphatic rings. The van der Waals surface area contributed by atoms with Gasteiger partial charge in [0.1, 0.15) is 5.75 Å². The Hall–Kier alpha value is -2.62. The lowest BCUT2D eigenvalue weighted by Gasteiger charge is -2.36. The van der Waals surface area contributed by atoms with E-state index in [4.69, 9.17) is 4.74 Å². The molecule has 1 aliphatic heterocycles. The van der Waals surface area contributed by atoms with E-state index in [-0.39, 0.29) is 34.5 Å². The van der Waals surface area contributed by atoms with Crippen LogP contribution in [-0.2, 0) is 13.2 Å². The highest BCUT2D eigenvalue weighted by atomic mass is 19.4. The van der Waals surface area contributed by atoms with E-state index in [9.17, 15) is 18.0 Å². The largest absolute Gasteiger partial charge is 0.496 e. The number of hydrogen-bond donors (Lipinski definition) is 2. The van der Waals surface area contributed by atoms with Crippen molar-refractivity contribution in [3.63, 3.8) is 0 Å². The van der Waals surface area contributed by atoms with Crippen LogP contribution in [0, 0.1) is 0 Å². The summed E-state index contributed by atoms with van der Waals surface area (Å²) in [5.41, 5.74) is -0.957. The van der Waals surface area contributed by atoms with E-state index in [1.165, 1.54) is 24.8 Å². The molecule has 29 heavy (non-hydrogen) atoms. The lowest BCUT2D eigenvalue weighted by atomic mass is 9.91. The van der Waals surface area contributed by atoms with Crippen molar-refractivity contribution in [3.8, 4) is 17.1 Å². The van der Waals surface area contributed by atoms with Gasteiger partial charge in [-0.15, -0.1) is 10.2 Å². The maximum atomic E-state index is 13.0. The number of methoxy groups -OCH3 is 1. The molecule has 0 bridgehead atoms. The Morgan fingerprint density at radius 2 is 2.03 bits per heavy atom. The van der Waals surface area contributed by atoms with Gasteiger partial charge in [-0.25, -0.2) is 0 Å². The van der Waals surface area contributed by atoms with Crippen LogP contribution < -0.4 is 20.9 Å². The fourth-order valence-corrected chi connectivity index (χ4v) is 3.28. The first-order valence-electron chi connectivity index (χ1n) is 9.23. The smallest absolute Gasteiger partial charge is 0.416 e. The van der Waals surface area contributed by atoms with Crippen molar-refractivity contribution in [2.75, 3.05) is 19.0 Å². The molecule has 1 aromatic heterocycles. The number of rotatable bonds is 4. The summed E-state index contributed by atoms with van der Waals surface area (Å²) in [4.78, 5) is 12.7. The normalized spacial score (nSPS) is 19.1. The van der Waals surface area contributed by atoms with Gasteiger partial charge >= 0.3 is 6.18 Å². The highest BCUT2D eigenvalue weighted by Gasteiger charge is 2.32. The van der Waals surface area contributed by atoms with E-state index in [0.717, 1.165) is 25.0 Å². The first-order chi connectivity index (χ1) is 13.5. The Bertz CT molecular complexity index is 946. The van der Waals surface area contributed by atoms with Gasteiger partial charge in [0.15, 0.2) is 5.82 Å². The number of nitrogens with zero attached hydrogens (tertiary/aromatic N) is 3. The van der Waals surface area contributed by atoms with E-state index in [1.54, 1.807) is 0 Å². The number of alkyl halides is 3. The number of ether oxygens (including phenoxy) is 1. The molecule has 10 heteroatoms. The molecule has 0 spiro atoms. The van der Waals surface area contributed by atoms with Crippen molar-refractivity contribution in [1.29, 1.82) is 0 Å². The highest BCUT2D eigenvalue weighted by Crippen LogP contribution is 2.36. The van der Waals surface area contributed by atoms with Gasteiger partial charge in [0.05, 0.1) is 18.2 Å². The number of benzene rings is 1. The molecule has 0 unspecified atom stereocenters. The molecule has 0 radical (unpaired) electrons. The predicted octanol–water partition coefficient (Wildman–Crippen LogP) is 2.81. The van der Waals surface area contributed by atoms with Crippen LogP contribution in [0.15, 0.2) is 23.0 Å². The van der Waals surface area contributed by atoms with Gasteiger partial charge in [-0.1, -0.05) is 0 Å². The zero-order valence-electron chi connectivity index (χ0n) is 16.7. The SMILES string of the molecule is COc1cc(C(F)(F)F)ccc1-c1nnc(N[C@@H]2CCC(C)(C)NC2)c(=O)n1C. The molecule has 0 amide bonds. The van der Waals surface area contributed by atoms with Crippen LogP contribution in [0.2, 0.25) is 0 Å². The maximum Gasteiger partial charge on any atom is 0.416 e. The van der Waals surface area contributed by atoms with Gasteiger partial charge < -0.3 is 15.4 Å². The summed E-state index contributed by atoms with van der Waals surface area (Å²) in [6.45, 7) is 4.93. The summed E-state index contributed by atoms with van der Waals surface area (Å²) >= 11 is 0. The summed E-state index contributed by atoms with van der Waals surface area (Å²) < 4.78 is 45.2. The second-order valence-electron chi connectivity index (χ2n) is 7.79. The van der Waals surface area contributed by atoms with Crippen molar-refractivity contribution >= 4 is 5.82 Å². The molecule has 3 rings (SSSR count). The van der Waals surface area contributed by atoms with Crippen LogP contribution in [0.3, 0.4) is 0 Å². The van der Waals surface area contributed by atoms with Gasteiger partial charge in [-0.05, 0) is 44.9 Å². The molecule has 1 atom stereocenters. The third kappa shape index (κ3) is 4.52. The van der Waals surface area contributed by atoms with Gasteiger partial charge in [0.2, 0.25) is 5.82 Å². The van der Waals surface area contributed by atoms with Gasteiger partial charge in [0, 0.05) is 25.2 Å². The Morgan fingerprint density at radius 3 is 2.62 bits per heavy atom. The fourth-order valence-electron chi connectivity index (χ4n) is 3.28. The first-order valence-corrected chi connectivity index (χ1v) is 9.23.